The van der Waals surface area contributed by atoms with Gasteiger partial charge in [0.2, 0.25) is 0 Å². The Hall–Kier alpha value is -0.850. The van der Waals surface area contributed by atoms with E-state index in [9.17, 15) is 0 Å². The molecule has 0 aromatic carbocycles. The van der Waals surface area contributed by atoms with Crippen molar-refractivity contribution in [3.05, 3.63) is 24.4 Å². The van der Waals surface area contributed by atoms with Crippen molar-refractivity contribution in [2.24, 2.45) is 16.3 Å². The third-order valence-electron chi connectivity index (χ3n) is 3.69. The van der Waals surface area contributed by atoms with Crippen LogP contribution in [0.3, 0.4) is 0 Å². The Labute approximate surface area is 100 Å². The van der Waals surface area contributed by atoms with E-state index in [1.807, 2.05) is 13.0 Å². The van der Waals surface area contributed by atoms with Crippen LogP contribution >= 0.6 is 0 Å². The molecule has 0 aliphatic heterocycles. The summed E-state index contributed by atoms with van der Waals surface area (Å²) in [6.45, 7) is 12.7. The van der Waals surface area contributed by atoms with Crippen molar-refractivity contribution in [1.82, 2.24) is 0 Å². The second kappa shape index (κ2) is 5.47. The molecule has 0 N–H and O–H groups in total. The van der Waals surface area contributed by atoms with Crippen molar-refractivity contribution in [3.8, 4) is 0 Å². The summed E-state index contributed by atoms with van der Waals surface area (Å²) >= 11 is 0. The molecule has 1 saturated carbocycles. The predicted molar refractivity (Wildman–Crippen MR) is 72.8 cm³/mol. The molecular weight excluding hydrogens is 194 g/mol. The van der Waals surface area contributed by atoms with Crippen molar-refractivity contribution < 1.29 is 0 Å². The SMILES string of the molecule is C=CC(=N/C(C)=C\C)C1CCC(C)(C)CC1. The zero-order chi connectivity index (χ0) is 12.2. The monoisotopic (exact) mass is 219 g/mol. The van der Waals surface area contributed by atoms with Gasteiger partial charge in [0.15, 0.2) is 0 Å². The number of hydrogen-bond donors (Lipinski definition) is 0. The van der Waals surface area contributed by atoms with Gasteiger partial charge in [-0.1, -0.05) is 26.5 Å². The van der Waals surface area contributed by atoms with Gasteiger partial charge in [-0.05, 0) is 51.0 Å². The number of aliphatic imine (C=N–C) groups is 1. The van der Waals surface area contributed by atoms with E-state index in [0.29, 0.717) is 11.3 Å². The van der Waals surface area contributed by atoms with Crippen molar-refractivity contribution in [3.63, 3.8) is 0 Å². The van der Waals surface area contributed by atoms with Gasteiger partial charge in [0.25, 0.3) is 0 Å². The van der Waals surface area contributed by atoms with Crippen LogP contribution in [0.2, 0.25) is 0 Å². The van der Waals surface area contributed by atoms with E-state index in [1.165, 1.54) is 31.4 Å². The molecule has 1 aliphatic rings. The second-order valence-corrected chi connectivity index (χ2v) is 5.61. The molecule has 1 heteroatoms. The highest BCUT2D eigenvalue weighted by Crippen LogP contribution is 2.38. The first-order valence-electron chi connectivity index (χ1n) is 6.32. The maximum atomic E-state index is 4.64. The lowest BCUT2D eigenvalue weighted by Crippen LogP contribution is -2.25. The van der Waals surface area contributed by atoms with Crippen LogP contribution in [-0.4, -0.2) is 5.71 Å². The fourth-order valence-electron chi connectivity index (χ4n) is 2.27. The van der Waals surface area contributed by atoms with Gasteiger partial charge < -0.3 is 0 Å². The molecule has 1 fully saturated rings. The largest absolute Gasteiger partial charge is 0.258 e. The lowest BCUT2D eigenvalue weighted by atomic mass is 9.72. The highest BCUT2D eigenvalue weighted by atomic mass is 14.8. The average molecular weight is 219 g/mol. The molecule has 16 heavy (non-hydrogen) atoms. The summed E-state index contributed by atoms with van der Waals surface area (Å²) in [7, 11) is 0. The van der Waals surface area contributed by atoms with Gasteiger partial charge >= 0.3 is 0 Å². The van der Waals surface area contributed by atoms with Crippen molar-refractivity contribution in [1.29, 1.82) is 0 Å². The van der Waals surface area contributed by atoms with E-state index in [2.05, 4.69) is 38.4 Å². The number of hydrogen-bond acceptors (Lipinski definition) is 1. The minimum Gasteiger partial charge on any atom is -0.258 e. The van der Waals surface area contributed by atoms with E-state index in [4.69, 9.17) is 0 Å². The van der Waals surface area contributed by atoms with Crippen LogP contribution in [-0.2, 0) is 0 Å². The zero-order valence-electron chi connectivity index (χ0n) is 11.2. The number of rotatable bonds is 3. The molecule has 0 aromatic heterocycles. The summed E-state index contributed by atoms with van der Waals surface area (Å²) in [5.74, 6) is 0.625. The number of allylic oxidation sites excluding steroid dienone is 3. The maximum Gasteiger partial charge on any atom is 0.0431 e. The molecule has 0 aromatic rings. The molecule has 0 amide bonds. The van der Waals surface area contributed by atoms with Gasteiger partial charge in [-0.3, -0.25) is 4.99 Å². The first kappa shape index (κ1) is 13.2. The Balaban J connectivity index is 2.70. The summed E-state index contributed by atoms with van der Waals surface area (Å²) in [5, 5.41) is 0. The lowest BCUT2D eigenvalue weighted by Gasteiger charge is -2.34. The molecule has 0 saturated heterocycles. The zero-order valence-corrected chi connectivity index (χ0v) is 11.2. The van der Waals surface area contributed by atoms with Crippen LogP contribution in [0.15, 0.2) is 29.4 Å². The molecule has 1 nitrogen and oxygen atoms in total. The first-order valence-corrected chi connectivity index (χ1v) is 6.32. The van der Waals surface area contributed by atoms with Crippen LogP contribution < -0.4 is 0 Å². The van der Waals surface area contributed by atoms with Crippen molar-refractivity contribution in [2.75, 3.05) is 0 Å². The van der Waals surface area contributed by atoms with Gasteiger partial charge in [-0.2, -0.15) is 0 Å². The Kier molecular flexibility index (Phi) is 4.52. The first-order chi connectivity index (χ1) is 7.48. The van der Waals surface area contributed by atoms with Gasteiger partial charge in [-0.15, -0.1) is 0 Å². The van der Waals surface area contributed by atoms with E-state index in [0.717, 1.165) is 5.70 Å². The van der Waals surface area contributed by atoms with Crippen LogP contribution in [0.4, 0.5) is 0 Å². The van der Waals surface area contributed by atoms with Crippen molar-refractivity contribution in [2.45, 2.75) is 53.4 Å². The van der Waals surface area contributed by atoms with Crippen molar-refractivity contribution >= 4 is 5.71 Å². The van der Waals surface area contributed by atoms with Crippen LogP contribution in [0.5, 0.6) is 0 Å². The summed E-state index contributed by atoms with van der Waals surface area (Å²) in [5.41, 5.74) is 2.81. The topological polar surface area (TPSA) is 12.4 Å². The van der Waals surface area contributed by atoms with Crippen LogP contribution in [0.25, 0.3) is 0 Å². The quantitative estimate of drug-likeness (QED) is 0.607. The molecule has 0 heterocycles. The molecule has 1 rings (SSSR count). The van der Waals surface area contributed by atoms with Crippen LogP contribution in [0.1, 0.15) is 53.4 Å². The molecule has 0 atom stereocenters. The summed E-state index contributed by atoms with van der Waals surface area (Å²) < 4.78 is 0. The molecule has 90 valence electrons. The standard InChI is InChI=1S/C15H25N/c1-6-12(3)16-14(7-2)13-8-10-15(4,5)11-9-13/h6-7,13H,2,8-11H2,1,3-5H3/b12-6-,16-14?. The fourth-order valence-corrected chi connectivity index (χ4v) is 2.27. The fraction of sp³-hybridized carbons (Fsp3) is 0.667. The van der Waals surface area contributed by atoms with E-state index < -0.39 is 0 Å². The highest BCUT2D eigenvalue weighted by molar-refractivity contribution is 5.97. The second-order valence-electron chi connectivity index (χ2n) is 5.61. The molecular formula is C15H25N. The Morgan fingerprint density at radius 3 is 2.31 bits per heavy atom. The third kappa shape index (κ3) is 3.62. The Morgan fingerprint density at radius 2 is 1.88 bits per heavy atom. The minimum absolute atomic E-state index is 0.526. The summed E-state index contributed by atoms with van der Waals surface area (Å²) in [6.07, 6.45) is 9.12. The number of nitrogens with zero attached hydrogens (tertiary/aromatic N) is 1. The molecule has 0 bridgehead atoms. The van der Waals surface area contributed by atoms with Gasteiger partial charge in [0, 0.05) is 17.3 Å². The maximum absolute atomic E-state index is 4.64. The molecule has 0 radical (unpaired) electrons. The van der Waals surface area contributed by atoms with E-state index in [1.54, 1.807) is 0 Å². The molecule has 0 spiro atoms. The Bertz CT molecular complexity index is 297. The summed E-state index contributed by atoms with van der Waals surface area (Å²) in [6, 6.07) is 0. The smallest absolute Gasteiger partial charge is 0.0431 e. The van der Waals surface area contributed by atoms with Gasteiger partial charge in [-0.25, -0.2) is 0 Å². The highest BCUT2D eigenvalue weighted by Gasteiger charge is 2.28. The van der Waals surface area contributed by atoms with E-state index in [-0.39, 0.29) is 0 Å². The van der Waals surface area contributed by atoms with Gasteiger partial charge in [0.1, 0.15) is 0 Å². The predicted octanol–water partition coefficient (Wildman–Crippen LogP) is 4.75. The lowest BCUT2D eigenvalue weighted by molar-refractivity contribution is 0.221. The summed E-state index contributed by atoms with van der Waals surface area (Å²) in [4.78, 5) is 4.64. The normalized spacial score (nSPS) is 23.2. The molecule has 0 unspecified atom stereocenters. The molecule has 1 aliphatic carbocycles. The van der Waals surface area contributed by atoms with E-state index >= 15 is 0 Å². The third-order valence-corrected chi connectivity index (χ3v) is 3.69. The minimum atomic E-state index is 0.526. The Morgan fingerprint density at radius 1 is 1.31 bits per heavy atom. The average Bonchev–Trinajstić information content (AvgIpc) is 2.26. The van der Waals surface area contributed by atoms with Gasteiger partial charge in [0.05, 0.1) is 0 Å². The van der Waals surface area contributed by atoms with Crippen LogP contribution in [0, 0.1) is 11.3 Å².